The summed E-state index contributed by atoms with van der Waals surface area (Å²) < 4.78 is 57.8. The van der Waals surface area contributed by atoms with E-state index in [-0.39, 0.29) is 42.1 Å². The van der Waals surface area contributed by atoms with Gasteiger partial charge in [-0.1, -0.05) is 18.2 Å². The molecule has 15 heteroatoms. The first kappa shape index (κ1) is 28.9. The predicted octanol–water partition coefficient (Wildman–Crippen LogP) is 3.78. The summed E-state index contributed by atoms with van der Waals surface area (Å²) in [4.78, 5) is 47.1. The number of carbonyl (C=O) groups excluding carboxylic acids is 3. The average Bonchev–Trinajstić information content (AvgIpc) is 3.53. The highest BCUT2D eigenvalue weighted by Crippen LogP contribution is 2.38. The van der Waals surface area contributed by atoms with Crippen LogP contribution >= 0.6 is 0 Å². The van der Waals surface area contributed by atoms with Crippen LogP contribution in [0.25, 0.3) is 11.3 Å². The van der Waals surface area contributed by atoms with Crippen molar-refractivity contribution in [3.63, 3.8) is 0 Å². The molecule has 1 saturated heterocycles. The molecule has 0 radical (unpaired) electrons. The van der Waals surface area contributed by atoms with Crippen molar-refractivity contribution in [1.29, 1.82) is 0 Å². The molecule has 0 atom stereocenters. The summed E-state index contributed by atoms with van der Waals surface area (Å²) in [6, 6.07) is 11.4. The van der Waals surface area contributed by atoms with Gasteiger partial charge in [-0.3, -0.25) is 24.2 Å². The Hall–Kier alpha value is -5.60. The maximum atomic E-state index is 15.1. The lowest BCUT2D eigenvalue weighted by Gasteiger charge is -2.17. The summed E-state index contributed by atoms with van der Waals surface area (Å²) in [5.74, 6) is -3.31. The zero-order valence-electron chi connectivity index (χ0n) is 22.3. The molecule has 0 saturated carbocycles. The zero-order chi connectivity index (χ0) is 30.9. The smallest absolute Gasteiger partial charge is 0.397 e. The molecule has 0 spiro atoms. The number of para-hydroxylation sites is 1. The highest BCUT2D eigenvalue weighted by atomic mass is 19.4. The largest absolute Gasteiger partial charge is 0.417 e. The van der Waals surface area contributed by atoms with Crippen LogP contribution in [0.2, 0.25) is 0 Å². The summed E-state index contributed by atoms with van der Waals surface area (Å²) >= 11 is 0. The monoisotopic (exact) mass is 594 g/mol. The van der Waals surface area contributed by atoms with E-state index in [1.54, 1.807) is 30.3 Å². The van der Waals surface area contributed by atoms with Crippen LogP contribution in [0.4, 0.5) is 33.7 Å². The van der Waals surface area contributed by atoms with E-state index in [4.69, 9.17) is 5.73 Å². The molecule has 2 aromatic carbocycles. The van der Waals surface area contributed by atoms with Crippen LogP contribution in [0, 0.1) is 5.82 Å². The number of rotatable bonds is 6. The van der Waals surface area contributed by atoms with E-state index in [2.05, 4.69) is 25.7 Å². The topological polar surface area (TPSA) is 148 Å². The molecule has 0 unspecified atom stereocenters. The van der Waals surface area contributed by atoms with E-state index in [0.29, 0.717) is 11.3 Å². The van der Waals surface area contributed by atoms with Crippen molar-refractivity contribution in [3.8, 4) is 11.3 Å². The Bertz CT molecular complexity index is 1750. The number of amides is 4. The molecule has 1 fully saturated rings. The second kappa shape index (κ2) is 11.3. The van der Waals surface area contributed by atoms with E-state index in [0.717, 1.165) is 11.0 Å². The van der Waals surface area contributed by atoms with Gasteiger partial charge in [0.25, 0.3) is 5.91 Å². The fourth-order valence-corrected chi connectivity index (χ4v) is 4.32. The number of urea groups is 1. The Kier molecular flexibility index (Phi) is 7.63. The van der Waals surface area contributed by atoms with Crippen molar-refractivity contribution in [2.24, 2.45) is 12.0 Å². The number of benzene rings is 2. The summed E-state index contributed by atoms with van der Waals surface area (Å²) in [6.45, 7) is -0.383. The zero-order valence-corrected chi connectivity index (χ0v) is 22.3. The van der Waals surface area contributed by atoms with Gasteiger partial charge in [0, 0.05) is 25.0 Å². The number of aryl methyl sites for hydroxylation is 1. The van der Waals surface area contributed by atoms with Crippen LogP contribution in [-0.4, -0.2) is 49.9 Å². The number of pyridine rings is 1. The van der Waals surface area contributed by atoms with E-state index in [1.165, 1.54) is 36.3 Å². The second-order valence-corrected chi connectivity index (χ2v) is 9.37. The molecule has 2 aromatic heterocycles. The Labute approximate surface area is 241 Å². The standard InChI is InChI=1S/C28H22F4N8O3/c1-39-10-8-21(38-39)17-11-18(20(29)12-19(17)28(30,31)32)26(42)37-25(36-16-5-3-2-4-6-16)24-23(33)15(7-9-34-24)14-40-22(41)13-35-27(40)43/h2-12H,13-14,33H2,1H3,(H,35,43)(H,36,37,42). The van der Waals surface area contributed by atoms with Gasteiger partial charge >= 0.3 is 12.2 Å². The fraction of sp³-hybridized carbons (Fsp3) is 0.143. The summed E-state index contributed by atoms with van der Waals surface area (Å²) in [6.07, 6.45) is -2.22. The molecule has 43 heavy (non-hydrogen) atoms. The maximum Gasteiger partial charge on any atom is 0.417 e. The number of imide groups is 1. The number of amidine groups is 1. The van der Waals surface area contributed by atoms with Crippen molar-refractivity contribution in [1.82, 2.24) is 30.3 Å². The number of halogens is 4. The summed E-state index contributed by atoms with van der Waals surface area (Å²) in [7, 11) is 1.50. The van der Waals surface area contributed by atoms with E-state index in [1.807, 2.05) is 0 Å². The highest BCUT2D eigenvalue weighted by molar-refractivity contribution is 6.15. The first-order chi connectivity index (χ1) is 20.4. The van der Waals surface area contributed by atoms with Crippen LogP contribution in [-0.2, 0) is 24.6 Å². The number of nitrogen functional groups attached to an aromatic ring is 1. The normalized spacial score (nSPS) is 13.8. The first-order valence-electron chi connectivity index (χ1n) is 12.6. The first-order valence-corrected chi connectivity index (χ1v) is 12.6. The van der Waals surface area contributed by atoms with Gasteiger partial charge in [0.1, 0.15) is 11.5 Å². The van der Waals surface area contributed by atoms with Crippen LogP contribution in [0.3, 0.4) is 0 Å². The minimum Gasteiger partial charge on any atom is -0.397 e. The molecule has 4 amide bonds. The number of anilines is 1. The third-order valence-electron chi connectivity index (χ3n) is 6.45. The number of nitrogens with one attached hydrogen (secondary N) is 2. The van der Waals surface area contributed by atoms with Gasteiger partial charge in [-0.25, -0.2) is 14.2 Å². The number of nitrogens with zero attached hydrogens (tertiary/aromatic N) is 5. The molecule has 0 bridgehead atoms. The van der Waals surface area contributed by atoms with Crippen molar-refractivity contribution in [3.05, 3.63) is 95.2 Å². The van der Waals surface area contributed by atoms with Gasteiger partial charge in [-0.05, 0) is 42.0 Å². The number of hydrogen-bond acceptors (Lipinski definition) is 7. The van der Waals surface area contributed by atoms with Crippen molar-refractivity contribution in [2.45, 2.75) is 12.7 Å². The van der Waals surface area contributed by atoms with Crippen molar-refractivity contribution >= 4 is 35.1 Å². The van der Waals surface area contributed by atoms with Gasteiger partial charge < -0.3 is 16.4 Å². The highest BCUT2D eigenvalue weighted by Gasteiger charge is 2.36. The number of aliphatic imine (C=N–C) groups is 1. The molecule has 4 aromatic rings. The molecular weight excluding hydrogens is 572 g/mol. The number of hydrogen-bond donors (Lipinski definition) is 3. The number of carbonyl (C=O) groups is 3. The molecule has 3 heterocycles. The molecular formula is C28H22F4N8O3. The molecule has 1 aliphatic heterocycles. The van der Waals surface area contributed by atoms with E-state index >= 15 is 4.39 Å². The average molecular weight is 595 g/mol. The van der Waals surface area contributed by atoms with Gasteiger partial charge in [-0.2, -0.15) is 18.3 Å². The molecule has 220 valence electrons. The SMILES string of the molecule is Cn1ccc(-c2cc(C(=O)NC(=Nc3ccccc3)c3nccc(CN4C(=O)CNC4=O)c3N)c(F)cc2C(F)(F)F)n1. The van der Waals surface area contributed by atoms with Gasteiger partial charge in [0.05, 0.1) is 41.3 Å². The van der Waals surface area contributed by atoms with Crippen LogP contribution in [0.1, 0.15) is 27.2 Å². The van der Waals surface area contributed by atoms with E-state index < -0.39 is 46.5 Å². The molecule has 1 aliphatic rings. The third kappa shape index (κ3) is 6.05. The van der Waals surface area contributed by atoms with Crippen molar-refractivity contribution < 1.29 is 31.9 Å². The summed E-state index contributed by atoms with van der Waals surface area (Å²) in [5, 5.41) is 8.80. The lowest BCUT2D eigenvalue weighted by Crippen LogP contribution is -2.34. The number of alkyl halides is 3. The van der Waals surface area contributed by atoms with E-state index in [9.17, 15) is 27.6 Å². The van der Waals surface area contributed by atoms with Crippen LogP contribution < -0.4 is 16.4 Å². The third-order valence-corrected chi connectivity index (χ3v) is 6.45. The lowest BCUT2D eigenvalue weighted by atomic mass is 9.99. The molecule has 11 nitrogen and oxygen atoms in total. The molecule has 0 aliphatic carbocycles. The van der Waals surface area contributed by atoms with Crippen LogP contribution in [0.15, 0.2) is 72.0 Å². The Morgan fingerprint density at radius 3 is 2.51 bits per heavy atom. The predicted molar refractivity (Wildman–Crippen MR) is 146 cm³/mol. The Morgan fingerprint density at radius 1 is 1.14 bits per heavy atom. The van der Waals surface area contributed by atoms with Crippen molar-refractivity contribution in [2.75, 3.05) is 12.3 Å². The maximum absolute atomic E-state index is 15.1. The van der Waals surface area contributed by atoms with Crippen LogP contribution in [0.5, 0.6) is 0 Å². The Balaban J connectivity index is 1.56. The molecule has 4 N–H and O–H groups in total. The molecule has 5 rings (SSSR count). The second-order valence-electron chi connectivity index (χ2n) is 9.37. The number of nitrogens with two attached hydrogens (primary N) is 1. The van der Waals surface area contributed by atoms with Gasteiger partial charge in [0.15, 0.2) is 5.84 Å². The van der Waals surface area contributed by atoms with Gasteiger partial charge in [0.2, 0.25) is 5.91 Å². The fourth-order valence-electron chi connectivity index (χ4n) is 4.32. The minimum atomic E-state index is -4.94. The number of aromatic nitrogens is 3. The summed E-state index contributed by atoms with van der Waals surface area (Å²) in [5.41, 5.74) is 4.19. The minimum absolute atomic E-state index is 0.0490. The lowest BCUT2D eigenvalue weighted by molar-refractivity contribution is -0.137. The quantitative estimate of drug-likeness (QED) is 0.134. The van der Waals surface area contributed by atoms with Gasteiger partial charge in [-0.15, -0.1) is 0 Å². The Morgan fingerprint density at radius 2 is 1.88 bits per heavy atom.